The van der Waals surface area contributed by atoms with Crippen LogP contribution < -0.4 is 4.90 Å². The summed E-state index contributed by atoms with van der Waals surface area (Å²) in [6, 6.07) is 4.30. The third-order valence-corrected chi connectivity index (χ3v) is 3.32. The van der Waals surface area contributed by atoms with Gasteiger partial charge in [-0.2, -0.15) is 0 Å². The highest BCUT2D eigenvalue weighted by molar-refractivity contribution is 5.60. The van der Waals surface area contributed by atoms with Crippen LogP contribution in [0.1, 0.15) is 29.5 Å². The molecule has 1 fully saturated rings. The van der Waals surface area contributed by atoms with E-state index in [2.05, 4.69) is 30.9 Å². The van der Waals surface area contributed by atoms with E-state index in [1.165, 1.54) is 11.1 Å². The number of aliphatic hydroxyl groups is 1. The van der Waals surface area contributed by atoms with Gasteiger partial charge in [0.05, 0.1) is 5.60 Å². The number of nitrogens with zero attached hydrogens (tertiary/aromatic N) is 1. The minimum atomic E-state index is -0.544. The number of aryl methyl sites for hydroxylation is 2. The predicted molar refractivity (Wildman–Crippen MR) is 63.4 cm³/mol. The van der Waals surface area contributed by atoms with Gasteiger partial charge in [0.2, 0.25) is 0 Å². The Morgan fingerprint density at radius 2 is 1.67 bits per heavy atom. The summed E-state index contributed by atoms with van der Waals surface area (Å²) in [6.45, 7) is 4.22. The molecule has 1 aromatic rings. The molecule has 1 aliphatic carbocycles. The lowest BCUT2D eigenvalue weighted by Gasteiger charge is -2.22. The fourth-order valence-corrected chi connectivity index (χ4v) is 1.93. The van der Waals surface area contributed by atoms with Crippen LogP contribution in [0.2, 0.25) is 0 Å². The standard InChI is InChI=1S/C13H19NO/c1-9-7-11(13(15)5-6-13)12(14(3)4)8-10(9)2/h7-8,15H,5-6H2,1-4H3. The lowest BCUT2D eigenvalue weighted by Crippen LogP contribution is -2.16. The predicted octanol–water partition coefficient (Wildman–Crippen LogP) is 2.35. The second-order valence-corrected chi connectivity index (χ2v) is 4.88. The zero-order chi connectivity index (χ0) is 11.2. The van der Waals surface area contributed by atoms with E-state index in [4.69, 9.17) is 0 Å². The molecule has 0 spiro atoms. The first-order valence-electron chi connectivity index (χ1n) is 5.45. The molecule has 0 bridgehead atoms. The molecule has 2 heteroatoms. The van der Waals surface area contributed by atoms with Crippen molar-refractivity contribution in [3.05, 3.63) is 28.8 Å². The molecule has 0 amide bonds. The number of rotatable bonds is 2. The summed E-state index contributed by atoms with van der Waals surface area (Å²) in [7, 11) is 4.05. The molecular weight excluding hydrogens is 186 g/mol. The summed E-state index contributed by atoms with van der Waals surface area (Å²) in [4.78, 5) is 2.08. The second kappa shape index (κ2) is 3.24. The minimum Gasteiger partial charge on any atom is -0.385 e. The van der Waals surface area contributed by atoms with E-state index < -0.39 is 5.60 Å². The highest BCUT2D eigenvalue weighted by Crippen LogP contribution is 2.49. The molecule has 0 aliphatic heterocycles. The zero-order valence-electron chi connectivity index (χ0n) is 9.96. The fraction of sp³-hybridized carbons (Fsp3) is 0.538. The van der Waals surface area contributed by atoms with Crippen LogP contribution in [0.4, 0.5) is 5.69 Å². The maximum atomic E-state index is 10.2. The van der Waals surface area contributed by atoms with Gasteiger partial charge < -0.3 is 10.0 Å². The van der Waals surface area contributed by atoms with Crippen LogP contribution in [0, 0.1) is 13.8 Å². The van der Waals surface area contributed by atoms with E-state index in [0.29, 0.717) is 0 Å². The van der Waals surface area contributed by atoms with E-state index >= 15 is 0 Å². The summed E-state index contributed by atoms with van der Waals surface area (Å²) in [5, 5.41) is 10.2. The van der Waals surface area contributed by atoms with Crippen molar-refractivity contribution in [2.75, 3.05) is 19.0 Å². The lowest BCUT2D eigenvalue weighted by molar-refractivity contribution is 0.152. The lowest BCUT2D eigenvalue weighted by atomic mass is 9.98. The van der Waals surface area contributed by atoms with Crippen LogP contribution in [-0.2, 0) is 5.60 Å². The van der Waals surface area contributed by atoms with Crippen LogP contribution in [0.15, 0.2) is 12.1 Å². The summed E-state index contributed by atoms with van der Waals surface area (Å²) in [5.74, 6) is 0. The molecule has 1 saturated carbocycles. The Hall–Kier alpha value is -1.02. The van der Waals surface area contributed by atoms with Crippen molar-refractivity contribution in [1.29, 1.82) is 0 Å². The molecule has 1 N–H and O–H groups in total. The molecular formula is C13H19NO. The number of hydrogen-bond acceptors (Lipinski definition) is 2. The Labute approximate surface area is 91.5 Å². The van der Waals surface area contributed by atoms with E-state index in [9.17, 15) is 5.11 Å². The van der Waals surface area contributed by atoms with Gasteiger partial charge in [0, 0.05) is 25.3 Å². The largest absolute Gasteiger partial charge is 0.385 e. The zero-order valence-corrected chi connectivity index (χ0v) is 9.96. The molecule has 1 aliphatic rings. The molecule has 2 nitrogen and oxygen atoms in total. The minimum absolute atomic E-state index is 0.544. The molecule has 2 rings (SSSR count). The monoisotopic (exact) mass is 205 g/mol. The number of anilines is 1. The van der Waals surface area contributed by atoms with E-state index in [1.807, 2.05) is 14.1 Å². The first-order chi connectivity index (χ1) is 6.94. The summed E-state index contributed by atoms with van der Waals surface area (Å²) < 4.78 is 0. The molecule has 82 valence electrons. The molecule has 0 saturated heterocycles. The first kappa shape index (κ1) is 10.5. The van der Waals surface area contributed by atoms with Crippen molar-refractivity contribution in [3.63, 3.8) is 0 Å². The van der Waals surface area contributed by atoms with Crippen LogP contribution >= 0.6 is 0 Å². The number of hydrogen-bond donors (Lipinski definition) is 1. The van der Waals surface area contributed by atoms with Gasteiger partial charge in [-0.1, -0.05) is 6.07 Å². The highest BCUT2D eigenvalue weighted by atomic mass is 16.3. The van der Waals surface area contributed by atoms with Crippen molar-refractivity contribution >= 4 is 5.69 Å². The molecule has 1 aromatic carbocycles. The summed E-state index contributed by atoms with van der Waals surface area (Å²) in [5.41, 5.74) is 4.24. The van der Waals surface area contributed by atoms with Crippen molar-refractivity contribution in [2.45, 2.75) is 32.3 Å². The van der Waals surface area contributed by atoms with Crippen molar-refractivity contribution in [2.24, 2.45) is 0 Å². The average Bonchev–Trinajstić information content (AvgIpc) is 2.88. The van der Waals surface area contributed by atoms with Crippen LogP contribution in [0.25, 0.3) is 0 Å². The Morgan fingerprint density at radius 3 is 2.13 bits per heavy atom. The van der Waals surface area contributed by atoms with Gasteiger partial charge in [-0.3, -0.25) is 0 Å². The highest BCUT2D eigenvalue weighted by Gasteiger charge is 2.44. The van der Waals surface area contributed by atoms with Crippen LogP contribution in [0.5, 0.6) is 0 Å². The van der Waals surface area contributed by atoms with Gasteiger partial charge in [-0.15, -0.1) is 0 Å². The van der Waals surface area contributed by atoms with Crippen molar-refractivity contribution in [3.8, 4) is 0 Å². The van der Waals surface area contributed by atoms with Gasteiger partial charge in [-0.05, 0) is 43.9 Å². The van der Waals surface area contributed by atoms with Gasteiger partial charge in [0.1, 0.15) is 0 Å². The third kappa shape index (κ3) is 1.74. The Kier molecular flexibility index (Phi) is 2.27. The van der Waals surface area contributed by atoms with Gasteiger partial charge >= 0.3 is 0 Å². The second-order valence-electron chi connectivity index (χ2n) is 4.88. The van der Waals surface area contributed by atoms with Crippen molar-refractivity contribution in [1.82, 2.24) is 0 Å². The third-order valence-electron chi connectivity index (χ3n) is 3.32. The molecule has 15 heavy (non-hydrogen) atoms. The van der Waals surface area contributed by atoms with E-state index in [1.54, 1.807) is 0 Å². The summed E-state index contributed by atoms with van der Waals surface area (Å²) >= 11 is 0. The average molecular weight is 205 g/mol. The SMILES string of the molecule is Cc1cc(N(C)C)c(C2(O)CC2)cc1C. The molecule has 0 atom stereocenters. The Balaban J connectivity index is 2.56. The van der Waals surface area contributed by atoms with Crippen LogP contribution in [0.3, 0.4) is 0 Å². The summed E-state index contributed by atoms with van der Waals surface area (Å²) in [6.07, 6.45) is 1.80. The first-order valence-corrected chi connectivity index (χ1v) is 5.45. The molecule has 0 unspecified atom stereocenters. The van der Waals surface area contributed by atoms with Gasteiger partial charge in [0.15, 0.2) is 0 Å². The van der Waals surface area contributed by atoms with Gasteiger partial charge in [-0.25, -0.2) is 0 Å². The van der Waals surface area contributed by atoms with E-state index in [0.717, 1.165) is 24.1 Å². The van der Waals surface area contributed by atoms with E-state index in [-0.39, 0.29) is 0 Å². The maximum Gasteiger partial charge on any atom is 0.0919 e. The Morgan fingerprint density at radius 1 is 1.13 bits per heavy atom. The normalized spacial score (nSPS) is 17.7. The quantitative estimate of drug-likeness (QED) is 0.801. The molecule has 0 heterocycles. The smallest absolute Gasteiger partial charge is 0.0919 e. The molecule has 0 radical (unpaired) electrons. The van der Waals surface area contributed by atoms with Crippen molar-refractivity contribution < 1.29 is 5.11 Å². The molecule has 0 aromatic heterocycles. The van der Waals surface area contributed by atoms with Gasteiger partial charge in [0.25, 0.3) is 0 Å². The topological polar surface area (TPSA) is 23.5 Å². The number of benzene rings is 1. The Bertz CT molecular complexity index is 392. The van der Waals surface area contributed by atoms with Crippen LogP contribution in [-0.4, -0.2) is 19.2 Å². The maximum absolute atomic E-state index is 10.2. The fourth-order valence-electron chi connectivity index (χ4n) is 1.93.